The summed E-state index contributed by atoms with van der Waals surface area (Å²) in [6, 6.07) is 1.89. The van der Waals surface area contributed by atoms with E-state index in [1.807, 2.05) is 20.8 Å². The Kier molecular flexibility index (Phi) is 6.38. The van der Waals surface area contributed by atoms with Gasteiger partial charge in [-0.3, -0.25) is 10.1 Å². The average molecular weight is 280 g/mol. The van der Waals surface area contributed by atoms with Gasteiger partial charge in [0.05, 0.1) is 7.11 Å². The quantitative estimate of drug-likeness (QED) is 0.796. The maximum Gasteiger partial charge on any atom is 0.232 e. The number of rotatable bonds is 7. The van der Waals surface area contributed by atoms with Gasteiger partial charge in [-0.15, -0.1) is 0 Å². The van der Waals surface area contributed by atoms with Crippen LogP contribution in [0.5, 0.6) is 5.88 Å². The highest BCUT2D eigenvalue weighted by Crippen LogP contribution is 2.14. The van der Waals surface area contributed by atoms with Crippen LogP contribution in [0.3, 0.4) is 0 Å². The van der Waals surface area contributed by atoms with Gasteiger partial charge in [-0.2, -0.15) is 4.98 Å². The average Bonchev–Trinajstić information content (AvgIpc) is 2.37. The molecule has 0 spiro atoms. The lowest BCUT2D eigenvalue weighted by Crippen LogP contribution is -2.23. The minimum Gasteiger partial charge on any atom is -0.481 e. The van der Waals surface area contributed by atoms with Gasteiger partial charge in [-0.25, -0.2) is 4.98 Å². The molecule has 0 aliphatic carbocycles. The Morgan fingerprint density at radius 2 is 2.10 bits per heavy atom. The molecule has 1 heterocycles. The molecule has 3 N–H and O–H groups in total. The van der Waals surface area contributed by atoms with Crippen molar-refractivity contribution < 1.29 is 9.53 Å². The van der Waals surface area contributed by atoms with Crippen LogP contribution in [0, 0.1) is 12.8 Å². The lowest BCUT2D eigenvalue weighted by Gasteiger charge is -2.12. The van der Waals surface area contributed by atoms with E-state index in [1.54, 1.807) is 6.07 Å². The largest absolute Gasteiger partial charge is 0.481 e. The number of nitrogens with zero attached hydrogens (tertiary/aromatic N) is 2. The molecule has 0 saturated heterocycles. The summed E-state index contributed by atoms with van der Waals surface area (Å²) < 4.78 is 5.05. The number of ether oxygens (including phenoxy) is 1. The molecule has 0 aliphatic rings. The van der Waals surface area contributed by atoms with Gasteiger partial charge in [-0.1, -0.05) is 13.3 Å². The maximum atomic E-state index is 12.0. The van der Waals surface area contributed by atoms with E-state index in [0.717, 1.165) is 25.0 Å². The first kappa shape index (κ1) is 16.4. The highest BCUT2D eigenvalue weighted by molar-refractivity contribution is 5.90. The first-order valence-electron chi connectivity index (χ1n) is 6.88. The van der Waals surface area contributed by atoms with E-state index in [-0.39, 0.29) is 23.8 Å². The normalized spacial score (nSPS) is 13.7. The van der Waals surface area contributed by atoms with Gasteiger partial charge in [0.1, 0.15) is 0 Å². The predicted octanol–water partition coefficient (Wildman–Crippen LogP) is 1.89. The van der Waals surface area contributed by atoms with Gasteiger partial charge >= 0.3 is 0 Å². The van der Waals surface area contributed by atoms with Crippen LogP contribution < -0.4 is 15.8 Å². The summed E-state index contributed by atoms with van der Waals surface area (Å²) in [7, 11) is 1.53. The van der Waals surface area contributed by atoms with Gasteiger partial charge < -0.3 is 10.5 Å². The summed E-state index contributed by atoms with van der Waals surface area (Å²) in [5.41, 5.74) is 6.44. The van der Waals surface area contributed by atoms with E-state index >= 15 is 0 Å². The van der Waals surface area contributed by atoms with Gasteiger partial charge in [0.25, 0.3) is 0 Å². The number of carbonyl (C=O) groups is 1. The molecule has 0 saturated carbocycles. The molecular formula is C14H24N4O2. The molecule has 6 nitrogen and oxygen atoms in total. The molecule has 112 valence electrons. The second-order valence-electron chi connectivity index (χ2n) is 5.17. The molecule has 0 aliphatic heterocycles. The zero-order valence-electron chi connectivity index (χ0n) is 12.6. The van der Waals surface area contributed by atoms with Gasteiger partial charge in [0, 0.05) is 23.7 Å². The van der Waals surface area contributed by atoms with Crippen molar-refractivity contribution >= 4 is 11.9 Å². The summed E-state index contributed by atoms with van der Waals surface area (Å²) in [6.45, 7) is 5.69. The van der Waals surface area contributed by atoms with Crippen LogP contribution in [0.25, 0.3) is 0 Å². The molecule has 6 heteroatoms. The molecule has 0 bridgehead atoms. The fourth-order valence-corrected chi connectivity index (χ4v) is 1.81. The lowest BCUT2D eigenvalue weighted by atomic mass is 10.0. The summed E-state index contributed by atoms with van der Waals surface area (Å²) in [4.78, 5) is 20.3. The van der Waals surface area contributed by atoms with Crippen LogP contribution in [0.4, 0.5) is 5.95 Å². The zero-order valence-corrected chi connectivity index (χ0v) is 12.6. The standard InChI is InChI=1S/C14H24N4O2/c1-9(6-5-7-10(2)15)13(19)18-14-16-11(3)8-12(17-14)20-4/h8-10H,5-7,15H2,1-4H3,(H,16,17,18,19). The van der Waals surface area contributed by atoms with Crippen LogP contribution in [0.1, 0.15) is 38.8 Å². The third-order valence-corrected chi connectivity index (χ3v) is 3.02. The van der Waals surface area contributed by atoms with Crippen molar-refractivity contribution in [3.05, 3.63) is 11.8 Å². The number of nitrogens with two attached hydrogens (primary N) is 1. The third-order valence-electron chi connectivity index (χ3n) is 3.02. The number of aryl methyl sites for hydroxylation is 1. The molecule has 2 unspecified atom stereocenters. The number of methoxy groups -OCH3 is 1. The van der Waals surface area contributed by atoms with Gasteiger partial charge in [0.2, 0.25) is 17.7 Å². The van der Waals surface area contributed by atoms with E-state index in [4.69, 9.17) is 10.5 Å². The smallest absolute Gasteiger partial charge is 0.232 e. The Bertz CT molecular complexity index is 449. The number of amides is 1. The third kappa shape index (κ3) is 5.52. The number of hydrogen-bond acceptors (Lipinski definition) is 5. The van der Waals surface area contributed by atoms with Gasteiger partial charge in [-0.05, 0) is 26.7 Å². The summed E-state index contributed by atoms with van der Waals surface area (Å²) in [5.74, 6) is 0.550. The molecule has 20 heavy (non-hydrogen) atoms. The van der Waals surface area contributed by atoms with E-state index in [0.29, 0.717) is 5.88 Å². The van der Waals surface area contributed by atoms with E-state index in [1.165, 1.54) is 7.11 Å². The molecule has 1 amide bonds. The molecular weight excluding hydrogens is 256 g/mol. The monoisotopic (exact) mass is 280 g/mol. The highest BCUT2D eigenvalue weighted by atomic mass is 16.5. The molecule has 1 aromatic heterocycles. The van der Waals surface area contributed by atoms with E-state index in [9.17, 15) is 4.79 Å². The molecule has 1 rings (SSSR count). The summed E-state index contributed by atoms with van der Waals surface area (Å²) in [6.07, 6.45) is 2.66. The SMILES string of the molecule is COc1cc(C)nc(NC(=O)C(C)CCCC(C)N)n1. The number of carbonyl (C=O) groups excluding carboxylic acids is 1. The Morgan fingerprint density at radius 1 is 1.40 bits per heavy atom. The van der Waals surface area contributed by atoms with Crippen molar-refractivity contribution in [3.8, 4) is 5.88 Å². The lowest BCUT2D eigenvalue weighted by molar-refractivity contribution is -0.119. The van der Waals surface area contributed by atoms with Crippen LogP contribution in [-0.2, 0) is 4.79 Å². The van der Waals surface area contributed by atoms with Crippen molar-refractivity contribution in [1.29, 1.82) is 0 Å². The Balaban J connectivity index is 2.54. The molecule has 0 radical (unpaired) electrons. The highest BCUT2D eigenvalue weighted by Gasteiger charge is 2.15. The number of anilines is 1. The summed E-state index contributed by atoms with van der Waals surface area (Å²) in [5, 5.41) is 2.72. The second-order valence-corrected chi connectivity index (χ2v) is 5.17. The zero-order chi connectivity index (χ0) is 15.1. The molecule has 0 aromatic carbocycles. The Hall–Kier alpha value is -1.69. The Morgan fingerprint density at radius 3 is 2.70 bits per heavy atom. The molecule has 1 aromatic rings. The number of aromatic nitrogens is 2. The van der Waals surface area contributed by atoms with Crippen molar-refractivity contribution in [1.82, 2.24) is 9.97 Å². The molecule has 2 atom stereocenters. The van der Waals surface area contributed by atoms with E-state index in [2.05, 4.69) is 15.3 Å². The van der Waals surface area contributed by atoms with Crippen LogP contribution >= 0.6 is 0 Å². The van der Waals surface area contributed by atoms with Crippen LogP contribution in [0.15, 0.2) is 6.07 Å². The topological polar surface area (TPSA) is 90.1 Å². The number of nitrogens with one attached hydrogen (secondary N) is 1. The fourth-order valence-electron chi connectivity index (χ4n) is 1.81. The minimum atomic E-state index is -0.0937. The Labute approximate surface area is 120 Å². The predicted molar refractivity (Wildman–Crippen MR) is 78.6 cm³/mol. The fraction of sp³-hybridized carbons (Fsp3) is 0.643. The van der Waals surface area contributed by atoms with Crippen molar-refractivity contribution in [3.63, 3.8) is 0 Å². The van der Waals surface area contributed by atoms with Crippen molar-refractivity contribution in [2.24, 2.45) is 11.7 Å². The van der Waals surface area contributed by atoms with Crippen molar-refractivity contribution in [2.75, 3.05) is 12.4 Å². The van der Waals surface area contributed by atoms with Crippen molar-refractivity contribution in [2.45, 2.75) is 46.1 Å². The first-order valence-corrected chi connectivity index (χ1v) is 6.88. The van der Waals surface area contributed by atoms with Gasteiger partial charge in [0.15, 0.2) is 0 Å². The van der Waals surface area contributed by atoms with E-state index < -0.39 is 0 Å². The van der Waals surface area contributed by atoms with Crippen LogP contribution in [0.2, 0.25) is 0 Å². The summed E-state index contributed by atoms with van der Waals surface area (Å²) >= 11 is 0. The molecule has 0 fully saturated rings. The first-order chi connectivity index (χ1) is 9.42. The minimum absolute atomic E-state index is 0.0812. The second kappa shape index (κ2) is 7.79. The maximum absolute atomic E-state index is 12.0. The number of hydrogen-bond donors (Lipinski definition) is 2. The van der Waals surface area contributed by atoms with Crippen LogP contribution in [-0.4, -0.2) is 29.0 Å².